The number of carbonyl (C=O) groups is 1. The van der Waals surface area contributed by atoms with Crippen molar-refractivity contribution in [3.8, 4) is 0 Å². The highest BCUT2D eigenvalue weighted by Gasteiger charge is 1.99. The Kier molecular flexibility index (Phi) is 3.62. The van der Waals surface area contributed by atoms with Gasteiger partial charge in [0.05, 0.1) is 17.5 Å². The lowest BCUT2D eigenvalue weighted by molar-refractivity contribution is -0.136. The minimum Gasteiger partial charge on any atom is -0.481 e. The Morgan fingerprint density at radius 2 is 2.00 bits per heavy atom. The van der Waals surface area contributed by atoms with Crippen molar-refractivity contribution in [2.45, 2.75) is 13.0 Å². The lowest BCUT2D eigenvalue weighted by Gasteiger charge is -2.04. The molecule has 0 atom stereocenters. The third kappa shape index (κ3) is 3.22. The van der Waals surface area contributed by atoms with Crippen molar-refractivity contribution in [2.24, 2.45) is 0 Å². The minimum absolute atomic E-state index is 0.132. The maximum Gasteiger partial charge on any atom is 0.304 e. The molecule has 0 aliphatic rings. The summed E-state index contributed by atoms with van der Waals surface area (Å²) >= 11 is 0. The van der Waals surface area contributed by atoms with E-state index in [1.807, 2.05) is 18.2 Å². The van der Waals surface area contributed by atoms with Crippen LogP contribution in [0.2, 0.25) is 0 Å². The van der Waals surface area contributed by atoms with Gasteiger partial charge in [-0.15, -0.1) is 0 Å². The molecule has 1 aromatic heterocycles. The maximum absolute atomic E-state index is 10.3. The summed E-state index contributed by atoms with van der Waals surface area (Å²) in [5, 5.41) is 11.6. The van der Waals surface area contributed by atoms with Gasteiger partial charge in [0.2, 0.25) is 0 Å². The third-order valence-corrected chi connectivity index (χ3v) is 2.38. The second kappa shape index (κ2) is 5.36. The molecule has 2 aromatic rings. The van der Waals surface area contributed by atoms with E-state index in [-0.39, 0.29) is 6.42 Å². The molecule has 0 saturated carbocycles. The first-order chi connectivity index (χ1) is 8.25. The monoisotopic (exact) mass is 231 g/mol. The number of carboxylic acids is 1. The maximum atomic E-state index is 10.3. The SMILES string of the molecule is O=C(O)CCNCc1ccc2nccnc2c1. The Balaban J connectivity index is 1.97. The molecule has 2 N–H and O–H groups in total. The number of hydrogen-bond acceptors (Lipinski definition) is 4. The van der Waals surface area contributed by atoms with Gasteiger partial charge in [0.1, 0.15) is 0 Å². The molecule has 0 fully saturated rings. The lowest BCUT2D eigenvalue weighted by Crippen LogP contribution is -2.17. The van der Waals surface area contributed by atoms with Crippen molar-refractivity contribution in [1.82, 2.24) is 15.3 Å². The number of benzene rings is 1. The molecule has 1 aromatic carbocycles. The van der Waals surface area contributed by atoms with Crippen LogP contribution in [0.4, 0.5) is 0 Å². The van der Waals surface area contributed by atoms with Crippen molar-refractivity contribution in [1.29, 1.82) is 0 Å². The molecule has 5 heteroatoms. The average molecular weight is 231 g/mol. The van der Waals surface area contributed by atoms with Gasteiger partial charge in [-0.05, 0) is 17.7 Å². The molecule has 2 rings (SSSR count). The van der Waals surface area contributed by atoms with Crippen LogP contribution in [0.15, 0.2) is 30.6 Å². The van der Waals surface area contributed by atoms with Gasteiger partial charge >= 0.3 is 5.97 Å². The second-order valence-corrected chi connectivity index (χ2v) is 3.70. The molecule has 0 saturated heterocycles. The molecule has 0 radical (unpaired) electrons. The molecular weight excluding hydrogens is 218 g/mol. The molecule has 0 aliphatic heterocycles. The van der Waals surface area contributed by atoms with E-state index in [2.05, 4.69) is 15.3 Å². The Morgan fingerprint density at radius 1 is 1.24 bits per heavy atom. The number of hydrogen-bond donors (Lipinski definition) is 2. The summed E-state index contributed by atoms with van der Waals surface area (Å²) in [5.41, 5.74) is 2.79. The van der Waals surface area contributed by atoms with Crippen LogP contribution in [0, 0.1) is 0 Å². The van der Waals surface area contributed by atoms with Crippen LogP contribution in [0.25, 0.3) is 11.0 Å². The van der Waals surface area contributed by atoms with Gasteiger partial charge in [0.25, 0.3) is 0 Å². The van der Waals surface area contributed by atoms with Crippen LogP contribution in [-0.4, -0.2) is 27.6 Å². The van der Waals surface area contributed by atoms with Gasteiger partial charge in [-0.25, -0.2) is 0 Å². The van der Waals surface area contributed by atoms with E-state index in [9.17, 15) is 4.79 Å². The highest BCUT2D eigenvalue weighted by atomic mass is 16.4. The zero-order chi connectivity index (χ0) is 12.1. The predicted molar refractivity (Wildman–Crippen MR) is 63.5 cm³/mol. The number of rotatable bonds is 5. The topological polar surface area (TPSA) is 75.1 Å². The van der Waals surface area contributed by atoms with Crippen LogP contribution in [0.3, 0.4) is 0 Å². The van der Waals surface area contributed by atoms with E-state index in [4.69, 9.17) is 5.11 Å². The van der Waals surface area contributed by atoms with Crippen molar-refractivity contribution >= 4 is 17.0 Å². The smallest absolute Gasteiger partial charge is 0.304 e. The first-order valence-electron chi connectivity index (χ1n) is 5.38. The van der Waals surface area contributed by atoms with Gasteiger partial charge in [0, 0.05) is 25.5 Å². The van der Waals surface area contributed by atoms with Crippen LogP contribution in [-0.2, 0) is 11.3 Å². The molecule has 0 aliphatic carbocycles. The number of nitrogens with one attached hydrogen (secondary N) is 1. The summed E-state index contributed by atoms with van der Waals surface area (Å²) in [6.45, 7) is 1.10. The highest BCUT2D eigenvalue weighted by Crippen LogP contribution is 2.10. The van der Waals surface area contributed by atoms with E-state index in [0.29, 0.717) is 13.1 Å². The lowest BCUT2D eigenvalue weighted by atomic mass is 10.2. The van der Waals surface area contributed by atoms with Gasteiger partial charge in [-0.1, -0.05) is 6.07 Å². The molecule has 0 spiro atoms. The first kappa shape index (κ1) is 11.5. The summed E-state index contributed by atoms with van der Waals surface area (Å²) in [5.74, 6) is -0.790. The number of carboxylic acid groups (broad SMARTS) is 1. The Hall–Kier alpha value is -2.01. The normalized spacial score (nSPS) is 10.6. The molecule has 5 nitrogen and oxygen atoms in total. The molecule has 88 valence electrons. The van der Waals surface area contributed by atoms with Gasteiger partial charge < -0.3 is 10.4 Å². The molecule has 17 heavy (non-hydrogen) atoms. The number of nitrogens with zero attached hydrogens (tertiary/aromatic N) is 2. The first-order valence-corrected chi connectivity index (χ1v) is 5.38. The summed E-state index contributed by atoms with van der Waals surface area (Å²) in [7, 11) is 0. The minimum atomic E-state index is -0.790. The Bertz CT molecular complexity index is 528. The zero-order valence-electron chi connectivity index (χ0n) is 9.26. The number of fused-ring (bicyclic) bond motifs is 1. The fourth-order valence-corrected chi connectivity index (χ4v) is 1.55. The van der Waals surface area contributed by atoms with Crippen LogP contribution < -0.4 is 5.32 Å². The van der Waals surface area contributed by atoms with Gasteiger partial charge in [0.15, 0.2) is 0 Å². The number of aliphatic carboxylic acids is 1. The Morgan fingerprint density at radius 3 is 2.76 bits per heavy atom. The fourth-order valence-electron chi connectivity index (χ4n) is 1.55. The predicted octanol–water partition coefficient (Wildman–Crippen LogP) is 1.19. The standard InChI is InChI=1S/C12H13N3O2/c16-12(17)3-4-13-8-9-1-2-10-11(7-9)15-6-5-14-10/h1-2,5-7,13H,3-4,8H2,(H,16,17). The van der Waals surface area contributed by atoms with E-state index in [1.54, 1.807) is 12.4 Å². The van der Waals surface area contributed by atoms with Crippen LogP contribution in [0.5, 0.6) is 0 Å². The van der Waals surface area contributed by atoms with E-state index < -0.39 is 5.97 Å². The summed E-state index contributed by atoms with van der Waals surface area (Å²) in [6.07, 6.45) is 3.45. The van der Waals surface area contributed by atoms with Crippen LogP contribution in [0.1, 0.15) is 12.0 Å². The zero-order valence-corrected chi connectivity index (χ0v) is 9.26. The van der Waals surface area contributed by atoms with Crippen LogP contribution >= 0.6 is 0 Å². The van der Waals surface area contributed by atoms with Gasteiger partial charge in [-0.2, -0.15) is 0 Å². The largest absolute Gasteiger partial charge is 0.481 e. The van der Waals surface area contributed by atoms with Crippen molar-refractivity contribution in [3.05, 3.63) is 36.2 Å². The quantitative estimate of drug-likeness (QED) is 0.756. The van der Waals surface area contributed by atoms with E-state index in [1.165, 1.54) is 0 Å². The van der Waals surface area contributed by atoms with Crippen molar-refractivity contribution in [2.75, 3.05) is 6.54 Å². The fraction of sp³-hybridized carbons (Fsp3) is 0.250. The van der Waals surface area contributed by atoms with E-state index >= 15 is 0 Å². The molecular formula is C12H13N3O2. The van der Waals surface area contributed by atoms with Gasteiger partial charge in [-0.3, -0.25) is 14.8 Å². The molecule has 0 amide bonds. The molecule has 1 heterocycles. The third-order valence-electron chi connectivity index (χ3n) is 2.38. The second-order valence-electron chi connectivity index (χ2n) is 3.70. The summed E-state index contributed by atoms with van der Waals surface area (Å²) in [6, 6.07) is 5.83. The Labute approximate surface area is 98.5 Å². The van der Waals surface area contributed by atoms with Crippen molar-refractivity contribution in [3.63, 3.8) is 0 Å². The van der Waals surface area contributed by atoms with E-state index in [0.717, 1.165) is 16.6 Å². The highest BCUT2D eigenvalue weighted by molar-refractivity contribution is 5.74. The summed E-state index contributed by atoms with van der Waals surface area (Å²) in [4.78, 5) is 18.7. The number of aromatic nitrogens is 2. The average Bonchev–Trinajstić information content (AvgIpc) is 2.34. The molecule has 0 unspecified atom stereocenters. The van der Waals surface area contributed by atoms with Crippen molar-refractivity contribution < 1.29 is 9.90 Å². The summed E-state index contributed by atoms with van der Waals surface area (Å²) < 4.78 is 0. The molecule has 0 bridgehead atoms.